The average Bonchev–Trinajstić information content (AvgIpc) is 2.90. The number of carbonyl (C=O) groups excluding carboxylic acids is 1. The second-order valence-corrected chi connectivity index (χ2v) is 8.13. The number of amides is 1. The molecular weight excluding hydrogens is 322 g/mol. The Morgan fingerprint density at radius 1 is 0.955 bits per heavy atom. The molecular formula is C16H14ClNO3S. The highest BCUT2D eigenvalue weighted by molar-refractivity contribution is 8.14. The molecule has 2 aromatic carbocycles. The van der Waals surface area contributed by atoms with Gasteiger partial charge in [-0.2, -0.15) is 0 Å². The van der Waals surface area contributed by atoms with E-state index in [0.717, 1.165) is 11.1 Å². The monoisotopic (exact) mass is 335 g/mol. The molecule has 0 aliphatic carbocycles. The summed E-state index contributed by atoms with van der Waals surface area (Å²) in [5, 5.41) is -0.838. The van der Waals surface area contributed by atoms with Crippen LogP contribution in [0.5, 0.6) is 0 Å². The van der Waals surface area contributed by atoms with E-state index in [4.69, 9.17) is 10.7 Å². The van der Waals surface area contributed by atoms with Crippen LogP contribution in [0.1, 0.15) is 6.42 Å². The Labute approximate surface area is 133 Å². The molecule has 2 aromatic rings. The highest BCUT2D eigenvalue weighted by atomic mass is 35.7. The Bertz CT molecular complexity index is 788. The predicted octanol–water partition coefficient (Wildman–Crippen LogP) is 3.03. The van der Waals surface area contributed by atoms with Gasteiger partial charge < -0.3 is 4.90 Å². The fourth-order valence-corrected chi connectivity index (χ4v) is 3.60. The van der Waals surface area contributed by atoms with Crippen LogP contribution in [0.3, 0.4) is 0 Å². The molecule has 1 unspecified atom stereocenters. The van der Waals surface area contributed by atoms with Gasteiger partial charge in [0.15, 0.2) is 0 Å². The van der Waals surface area contributed by atoms with Gasteiger partial charge in [-0.1, -0.05) is 42.5 Å². The van der Waals surface area contributed by atoms with Crippen LogP contribution in [0.15, 0.2) is 54.6 Å². The molecule has 1 fully saturated rings. The second-order valence-electron chi connectivity index (χ2n) is 5.22. The molecule has 1 saturated heterocycles. The van der Waals surface area contributed by atoms with Crippen molar-refractivity contribution in [1.29, 1.82) is 0 Å². The van der Waals surface area contributed by atoms with E-state index in [1.807, 2.05) is 54.6 Å². The first kappa shape index (κ1) is 15.1. The zero-order chi connectivity index (χ0) is 15.7. The molecule has 3 rings (SSSR count). The van der Waals surface area contributed by atoms with E-state index in [-0.39, 0.29) is 18.9 Å². The summed E-state index contributed by atoms with van der Waals surface area (Å²) in [7, 11) is 1.64. The number of halogens is 1. The molecule has 1 amide bonds. The molecule has 0 spiro atoms. The van der Waals surface area contributed by atoms with Crippen molar-refractivity contribution in [3.05, 3.63) is 54.6 Å². The van der Waals surface area contributed by atoms with Crippen LogP contribution in [0, 0.1) is 0 Å². The van der Waals surface area contributed by atoms with Crippen molar-refractivity contribution < 1.29 is 13.2 Å². The normalized spacial score (nSPS) is 18.7. The number of nitrogens with zero attached hydrogens (tertiary/aromatic N) is 1. The third kappa shape index (κ3) is 3.00. The predicted molar refractivity (Wildman–Crippen MR) is 87.4 cm³/mol. The lowest BCUT2D eigenvalue weighted by Crippen LogP contribution is -2.26. The smallest absolute Gasteiger partial charge is 0.237 e. The summed E-state index contributed by atoms with van der Waals surface area (Å²) in [6.45, 7) is 0.106. The first-order chi connectivity index (χ1) is 10.4. The Kier molecular flexibility index (Phi) is 3.93. The first-order valence-corrected chi connectivity index (χ1v) is 9.22. The summed E-state index contributed by atoms with van der Waals surface area (Å²) >= 11 is 0. The van der Waals surface area contributed by atoms with Gasteiger partial charge in [0.2, 0.25) is 15.0 Å². The van der Waals surface area contributed by atoms with E-state index in [1.54, 1.807) is 0 Å². The fraction of sp³-hybridized carbons (Fsp3) is 0.188. The van der Waals surface area contributed by atoms with E-state index in [2.05, 4.69) is 0 Å². The number of anilines is 1. The molecule has 114 valence electrons. The van der Waals surface area contributed by atoms with Crippen LogP contribution in [0.25, 0.3) is 11.1 Å². The van der Waals surface area contributed by atoms with Crippen LogP contribution in [-0.4, -0.2) is 26.1 Å². The molecule has 0 saturated carbocycles. The number of benzene rings is 2. The van der Waals surface area contributed by atoms with Gasteiger partial charge in [0, 0.05) is 29.3 Å². The second kappa shape index (κ2) is 5.74. The standard InChI is InChI=1S/C16H14ClNO3S/c17-22(20,21)15-10-16(19)18(11-15)14-8-6-13(7-9-14)12-4-2-1-3-5-12/h1-9,15H,10-11H2. The molecule has 0 N–H and O–H groups in total. The van der Waals surface area contributed by atoms with Crippen molar-refractivity contribution in [2.45, 2.75) is 11.7 Å². The minimum atomic E-state index is -3.72. The molecule has 1 atom stereocenters. The fourth-order valence-electron chi connectivity index (χ4n) is 2.58. The molecule has 0 bridgehead atoms. The zero-order valence-corrected chi connectivity index (χ0v) is 13.2. The lowest BCUT2D eigenvalue weighted by molar-refractivity contribution is -0.117. The number of hydrogen-bond donors (Lipinski definition) is 0. The zero-order valence-electron chi connectivity index (χ0n) is 11.6. The van der Waals surface area contributed by atoms with Gasteiger partial charge in [-0.05, 0) is 23.3 Å². The van der Waals surface area contributed by atoms with Gasteiger partial charge in [-0.25, -0.2) is 8.42 Å². The SMILES string of the molecule is O=C1CC(S(=O)(=O)Cl)CN1c1ccc(-c2ccccc2)cc1. The molecule has 1 aliphatic heterocycles. The summed E-state index contributed by atoms with van der Waals surface area (Å²) in [5.74, 6) is -0.221. The Hall–Kier alpha value is -1.85. The molecule has 6 heteroatoms. The molecule has 0 radical (unpaired) electrons. The Balaban J connectivity index is 1.83. The summed E-state index contributed by atoms with van der Waals surface area (Å²) < 4.78 is 22.8. The lowest BCUT2D eigenvalue weighted by Gasteiger charge is -2.16. The maximum atomic E-state index is 12.0. The largest absolute Gasteiger partial charge is 0.311 e. The van der Waals surface area contributed by atoms with Gasteiger partial charge in [0.25, 0.3) is 0 Å². The van der Waals surface area contributed by atoms with E-state index < -0.39 is 14.3 Å². The highest BCUT2D eigenvalue weighted by Gasteiger charge is 2.37. The number of carbonyl (C=O) groups is 1. The highest BCUT2D eigenvalue weighted by Crippen LogP contribution is 2.28. The van der Waals surface area contributed by atoms with Gasteiger partial charge in [0.05, 0.1) is 0 Å². The summed E-state index contributed by atoms with van der Waals surface area (Å²) in [6, 6.07) is 17.4. The molecule has 1 heterocycles. The molecule has 1 aliphatic rings. The molecule has 4 nitrogen and oxygen atoms in total. The van der Waals surface area contributed by atoms with Gasteiger partial charge in [-0.3, -0.25) is 4.79 Å². The van der Waals surface area contributed by atoms with E-state index in [9.17, 15) is 13.2 Å². The van der Waals surface area contributed by atoms with Crippen LogP contribution in [0.4, 0.5) is 5.69 Å². The van der Waals surface area contributed by atoms with E-state index in [0.29, 0.717) is 5.69 Å². The van der Waals surface area contributed by atoms with Crippen LogP contribution >= 0.6 is 10.7 Å². The van der Waals surface area contributed by atoms with Crippen molar-refractivity contribution >= 4 is 31.3 Å². The average molecular weight is 336 g/mol. The summed E-state index contributed by atoms with van der Waals surface area (Å²) in [4.78, 5) is 13.5. The van der Waals surface area contributed by atoms with Crippen molar-refractivity contribution in [3.8, 4) is 11.1 Å². The van der Waals surface area contributed by atoms with Crippen LogP contribution in [-0.2, 0) is 13.8 Å². The summed E-state index contributed by atoms with van der Waals surface area (Å²) in [6.07, 6.45) is -0.0632. The van der Waals surface area contributed by atoms with E-state index >= 15 is 0 Å². The maximum Gasteiger partial charge on any atom is 0.237 e. The third-order valence-electron chi connectivity index (χ3n) is 3.77. The van der Waals surface area contributed by atoms with Gasteiger partial charge >= 0.3 is 0 Å². The minimum absolute atomic E-state index is 0.0632. The third-order valence-corrected chi connectivity index (χ3v) is 5.64. The Morgan fingerprint density at radius 2 is 1.55 bits per heavy atom. The molecule has 22 heavy (non-hydrogen) atoms. The number of rotatable bonds is 3. The van der Waals surface area contributed by atoms with Gasteiger partial charge in [-0.15, -0.1) is 0 Å². The topological polar surface area (TPSA) is 54.5 Å². The molecule has 0 aromatic heterocycles. The Morgan fingerprint density at radius 3 is 2.09 bits per heavy atom. The minimum Gasteiger partial charge on any atom is -0.311 e. The quantitative estimate of drug-likeness (QED) is 0.810. The maximum absolute atomic E-state index is 12.0. The lowest BCUT2D eigenvalue weighted by atomic mass is 10.1. The van der Waals surface area contributed by atoms with E-state index in [1.165, 1.54) is 4.90 Å². The van der Waals surface area contributed by atoms with Crippen LogP contribution in [0.2, 0.25) is 0 Å². The van der Waals surface area contributed by atoms with Crippen molar-refractivity contribution in [2.75, 3.05) is 11.4 Å². The number of hydrogen-bond acceptors (Lipinski definition) is 3. The first-order valence-electron chi connectivity index (χ1n) is 6.84. The van der Waals surface area contributed by atoms with Crippen molar-refractivity contribution in [2.24, 2.45) is 0 Å². The van der Waals surface area contributed by atoms with Crippen molar-refractivity contribution in [1.82, 2.24) is 0 Å². The van der Waals surface area contributed by atoms with Gasteiger partial charge in [0.1, 0.15) is 5.25 Å². The van der Waals surface area contributed by atoms with Crippen LogP contribution < -0.4 is 4.90 Å². The van der Waals surface area contributed by atoms with Crippen molar-refractivity contribution in [3.63, 3.8) is 0 Å². The summed E-state index contributed by atoms with van der Waals surface area (Å²) in [5.41, 5.74) is 2.81.